The van der Waals surface area contributed by atoms with Crippen molar-refractivity contribution in [1.82, 2.24) is 19.8 Å². The van der Waals surface area contributed by atoms with Gasteiger partial charge in [0.15, 0.2) is 0 Å². The summed E-state index contributed by atoms with van der Waals surface area (Å²) in [6.07, 6.45) is 6.88. The summed E-state index contributed by atoms with van der Waals surface area (Å²) in [6.45, 7) is 2.93. The molecule has 0 amide bonds. The van der Waals surface area contributed by atoms with Crippen LogP contribution >= 0.6 is 0 Å². The maximum absolute atomic E-state index is 12.0. The van der Waals surface area contributed by atoms with Gasteiger partial charge in [-0.05, 0) is 47.2 Å². The zero-order valence-corrected chi connectivity index (χ0v) is 21.8. The molecule has 0 saturated carbocycles. The maximum Gasteiger partial charge on any atom is 0.306 e. The molecule has 196 valence electrons. The quantitative estimate of drug-likeness (QED) is 0.316. The number of hydrogen-bond acceptors (Lipinski definition) is 7. The molecule has 2 aromatic heterocycles. The zero-order chi connectivity index (χ0) is 26.1. The van der Waals surface area contributed by atoms with Crippen molar-refractivity contribution in [2.45, 2.75) is 50.8 Å². The Hall–Kier alpha value is -3.91. The third-order valence-corrected chi connectivity index (χ3v) is 7.73. The number of carbonyl (C=O) groups is 1. The summed E-state index contributed by atoms with van der Waals surface area (Å²) in [5.41, 5.74) is 8.35. The predicted molar refractivity (Wildman–Crippen MR) is 141 cm³/mol. The van der Waals surface area contributed by atoms with Gasteiger partial charge in [-0.25, -0.2) is 0 Å². The van der Waals surface area contributed by atoms with Gasteiger partial charge in [0.2, 0.25) is 0 Å². The average Bonchev–Trinajstić information content (AvgIpc) is 3.68. The number of rotatable bonds is 8. The number of nitrogens with zero attached hydrogens (tertiary/aromatic N) is 4. The lowest BCUT2D eigenvalue weighted by atomic mass is 9.92. The van der Waals surface area contributed by atoms with E-state index in [1.54, 1.807) is 6.07 Å². The van der Waals surface area contributed by atoms with Gasteiger partial charge in [0.05, 0.1) is 24.9 Å². The number of fused-ring (bicyclic) bond motifs is 2. The molecule has 0 saturated heterocycles. The van der Waals surface area contributed by atoms with E-state index in [9.17, 15) is 4.79 Å². The Morgan fingerprint density at radius 1 is 1.16 bits per heavy atom. The van der Waals surface area contributed by atoms with Crippen LogP contribution in [0, 0.1) is 0 Å². The first-order valence-corrected chi connectivity index (χ1v) is 13.2. The highest BCUT2D eigenvalue weighted by Gasteiger charge is 2.28. The molecule has 1 aliphatic heterocycles. The minimum atomic E-state index is -0.290. The Morgan fingerprint density at radius 2 is 2.03 bits per heavy atom. The van der Waals surface area contributed by atoms with Gasteiger partial charge in [-0.2, -0.15) is 5.10 Å². The highest BCUT2D eigenvalue weighted by Crippen LogP contribution is 2.38. The van der Waals surface area contributed by atoms with Gasteiger partial charge >= 0.3 is 5.97 Å². The van der Waals surface area contributed by atoms with Crippen LogP contribution in [0.1, 0.15) is 64.1 Å². The fourth-order valence-corrected chi connectivity index (χ4v) is 5.84. The molecular formula is C30H32N4O4. The smallest absolute Gasteiger partial charge is 0.306 e. The fraction of sp³-hybridized carbons (Fsp3) is 0.367. The Balaban J connectivity index is 1.15. The van der Waals surface area contributed by atoms with Crippen LogP contribution in [0.25, 0.3) is 0 Å². The van der Waals surface area contributed by atoms with Crippen LogP contribution in [0.15, 0.2) is 65.5 Å². The van der Waals surface area contributed by atoms with Crippen molar-refractivity contribution >= 4 is 5.97 Å². The van der Waals surface area contributed by atoms with Crippen molar-refractivity contribution < 1.29 is 18.8 Å². The molecule has 4 aromatic rings. The van der Waals surface area contributed by atoms with E-state index in [2.05, 4.69) is 39.6 Å². The summed E-state index contributed by atoms with van der Waals surface area (Å²) in [5, 5.41) is 8.64. The number of carbonyl (C=O) groups excluding carboxylic acids is 1. The van der Waals surface area contributed by atoms with Gasteiger partial charge in [-0.15, -0.1) is 0 Å². The normalized spacial score (nSPS) is 17.6. The average molecular weight is 513 g/mol. The molecule has 0 unspecified atom stereocenters. The molecule has 2 aromatic carbocycles. The third-order valence-electron chi connectivity index (χ3n) is 7.73. The SMILES string of the molecule is COC(=O)C[C@@H](c1ccc(O[C@@H]2CCc3c(CN4CCc5nn(C)cc5C4)cccc32)cc1)c1ccon1. The topological polar surface area (TPSA) is 82.6 Å². The van der Waals surface area contributed by atoms with Crippen molar-refractivity contribution in [3.05, 3.63) is 100 Å². The first kappa shape index (κ1) is 24.4. The standard InChI is InChI=1S/C30H32N4O4/c1-33-17-22-19-34(14-12-27(22)31-33)18-21-4-3-5-25-24(21)10-11-29(25)38-23-8-6-20(7-9-23)26(16-30(35)36-2)28-13-15-37-32-28/h3-9,13,15,17,26,29H,10-12,14,16,18-19H2,1-2H3/t26-,29+/m0/s1. The number of ether oxygens (including phenoxy) is 2. The summed E-state index contributed by atoms with van der Waals surface area (Å²) in [6, 6.07) is 16.3. The van der Waals surface area contributed by atoms with Gasteiger partial charge in [0, 0.05) is 56.8 Å². The van der Waals surface area contributed by atoms with Gasteiger partial charge in [-0.1, -0.05) is 35.5 Å². The van der Waals surface area contributed by atoms with Crippen LogP contribution < -0.4 is 4.74 Å². The molecule has 2 aliphatic rings. The van der Waals surface area contributed by atoms with Gasteiger partial charge in [0.25, 0.3) is 0 Å². The van der Waals surface area contributed by atoms with Crippen molar-refractivity contribution in [1.29, 1.82) is 0 Å². The second-order valence-corrected chi connectivity index (χ2v) is 10.2. The van der Waals surface area contributed by atoms with E-state index in [0.717, 1.165) is 50.2 Å². The molecule has 2 atom stereocenters. The van der Waals surface area contributed by atoms with E-state index in [0.29, 0.717) is 5.69 Å². The first-order valence-electron chi connectivity index (χ1n) is 13.2. The van der Waals surface area contributed by atoms with Gasteiger partial charge in [0.1, 0.15) is 18.1 Å². The number of methoxy groups -OCH3 is 1. The van der Waals surface area contributed by atoms with Crippen molar-refractivity contribution in [2.75, 3.05) is 13.7 Å². The minimum Gasteiger partial charge on any atom is -0.486 e. The molecule has 0 N–H and O–H groups in total. The molecule has 3 heterocycles. The van der Waals surface area contributed by atoms with Crippen LogP contribution in [-0.2, 0) is 42.5 Å². The summed E-state index contributed by atoms with van der Waals surface area (Å²) >= 11 is 0. The minimum absolute atomic E-state index is 0.0310. The monoisotopic (exact) mass is 512 g/mol. The highest BCUT2D eigenvalue weighted by molar-refractivity contribution is 5.71. The lowest BCUT2D eigenvalue weighted by Gasteiger charge is -2.27. The lowest BCUT2D eigenvalue weighted by molar-refractivity contribution is -0.140. The van der Waals surface area contributed by atoms with E-state index >= 15 is 0 Å². The molecule has 8 heteroatoms. The van der Waals surface area contributed by atoms with Crippen LogP contribution in [-0.4, -0.2) is 39.5 Å². The number of esters is 1. The van der Waals surface area contributed by atoms with Gasteiger partial charge in [-0.3, -0.25) is 14.4 Å². The maximum atomic E-state index is 12.0. The molecule has 0 bridgehead atoms. The van der Waals surface area contributed by atoms with Crippen LogP contribution in [0.5, 0.6) is 5.75 Å². The number of benzene rings is 2. The Labute approximate surface area is 222 Å². The van der Waals surface area contributed by atoms with Gasteiger partial charge < -0.3 is 14.0 Å². The Bertz CT molecular complexity index is 1410. The second kappa shape index (κ2) is 10.5. The summed E-state index contributed by atoms with van der Waals surface area (Å²) in [4.78, 5) is 14.5. The molecule has 0 spiro atoms. The van der Waals surface area contributed by atoms with E-state index in [-0.39, 0.29) is 24.4 Å². The first-order chi connectivity index (χ1) is 18.6. The zero-order valence-electron chi connectivity index (χ0n) is 21.8. The predicted octanol–water partition coefficient (Wildman–Crippen LogP) is 4.73. The van der Waals surface area contributed by atoms with Crippen molar-refractivity contribution in [2.24, 2.45) is 7.05 Å². The molecule has 1 aliphatic carbocycles. The van der Waals surface area contributed by atoms with Crippen molar-refractivity contribution in [3.63, 3.8) is 0 Å². The number of aromatic nitrogens is 3. The fourth-order valence-electron chi connectivity index (χ4n) is 5.84. The number of hydrogen-bond donors (Lipinski definition) is 0. The molecular weight excluding hydrogens is 480 g/mol. The largest absolute Gasteiger partial charge is 0.486 e. The van der Waals surface area contributed by atoms with Crippen LogP contribution in [0.3, 0.4) is 0 Å². The summed E-state index contributed by atoms with van der Waals surface area (Å²) in [7, 11) is 3.39. The van der Waals surface area contributed by atoms with E-state index in [4.69, 9.17) is 14.0 Å². The lowest BCUT2D eigenvalue weighted by Crippen LogP contribution is -2.30. The van der Waals surface area contributed by atoms with Crippen LogP contribution in [0.4, 0.5) is 0 Å². The molecule has 8 nitrogen and oxygen atoms in total. The van der Waals surface area contributed by atoms with E-state index in [1.165, 1.54) is 41.3 Å². The third kappa shape index (κ3) is 4.96. The van der Waals surface area contributed by atoms with E-state index < -0.39 is 0 Å². The van der Waals surface area contributed by atoms with E-state index in [1.807, 2.05) is 36.0 Å². The Morgan fingerprint density at radius 3 is 2.82 bits per heavy atom. The molecule has 0 fully saturated rings. The van der Waals surface area contributed by atoms with Crippen molar-refractivity contribution in [3.8, 4) is 5.75 Å². The molecule has 0 radical (unpaired) electrons. The molecule has 38 heavy (non-hydrogen) atoms. The molecule has 6 rings (SSSR count). The Kier molecular flexibility index (Phi) is 6.72. The number of aryl methyl sites for hydroxylation is 1. The summed E-state index contributed by atoms with van der Waals surface area (Å²) in [5.74, 6) is 0.291. The van der Waals surface area contributed by atoms with Crippen LogP contribution in [0.2, 0.25) is 0 Å². The summed E-state index contributed by atoms with van der Waals surface area (Å²) < 4.78 is 18.3. The second-order valence-electron chi connectivity index (χ2n) is 10.2. The highest BCUT2D eigenvalue weighted by atomic mass is 16.5.